The van der Waals surface area contributed by atoms with E-state index in [1.54, 1.807) is 30.2 Å². The lowest BCUT2D eigenvalue weighted by molar-refractivity contribution is -0.143. The summed E-state index contributed by atoms with van der Waals surface area (Å²) in [6.07, 6.45) is 3.12. The van der Waals surface area contributed by atoms with E-state index in [9.17, 15) is 14.6 Å². The first-order valence-corrected chi connectivity index (χ1v) is 8.71. The van der Waals surface area contributed by atoms with Gasteiger partial charge in [-0.25, -0.2) is 4.98 Å². The lowest BCUT2D eigenvalue weighted by Gasteiger charge is -2.12. The molecule has 146 valence electrons. The Bertz CT molecular complexity index is 906. The molecule has 1 amide bonds. The number of carbonyl (C=O) groups is 2. The summed E-state index contributed by atoms with van der Waals surface area (Å²) in [5, 5.41) is 12.4. The summed E-state index contributed by atoms with van der Waals surface area (Å²) in [5.74, 6) is -0.363. The van der Waals surface area contributed by atoms with Crippen LogP contribution in [-0.2, 0) is 27.4 Å². The number of amides is 1. The Morgan fingerprint density at radius 2 is 2.14 bits per heavy atom. The number of carbonyl (C=O) groups excluding carboxylic acids is 2. The molecular weight excluding hydrogens is 363 g/mol. The maximum absolute atomic E-state index is 12.4. The zero-order chi connectivity index (χ0) is 20.3. The number of hydrogen-bond acceptors (Lipinski definition) is 8. The maximum atomic E-state index is 12.4. The van der Waals surface area contributed by atoms with Gasteiger partial charge in [0.25, 0.3) is 5.91 Å². The first-order valence-electron chi connectivity index (χ1n) is 8.71. The highest BCUT2D eigenvalue weighted by molar-refractivity contribution is 6.62. The molecule has 0 spiro atoms. The molecule has 9 nitrogen and oxygen atoms in total. The summed E-state index contributed by atoms with van der Waals surface area (Å²) in [6.45, 7) is 1.73. The smallest absolute Gasteiger partial charge is 0.458 e. The molecule has 0 bridgehead atoms. The van der Waals surface area contributed by atoms with E-state index in [2.05, 4.69) is 15.3 Å². The zero-order valence-electron chi connectivity index (χ0n) is 15.9. The van der Waals surface area contributed by atoms with Crippen LogP contribution in [0.3, 0.4) is 0 Å². The van der Waals surface area contributed by atoms with Gasteiger partial charge in [-0.2, -0.15) is 0 Å². The zero-order valence-corrected chi connectivity index (χ0v) is 15.9. The van der Waals surface area contributed by atoms with Crippen molar-refractivity contribution in [3.8, 4) is 0 Å². The van der Waals surface area contributed by atoms with E-state index in [1.165, 1.54) is 6.20 Å². The highest BCUT2D eigenvalue weighted by atomic mass is 16.5. The predicted molar refractivity (Wildman–Crippen MR) is 102 cm³/mol. The van der Waals surface area contributed by atoms with Crippen LogP contribution in [0.5, 0.6) is 0 Å². The Labute approximate surface area is 162 Å². The molecule has 1 aromatic heterocycles. The maximum Gasteiger partial charge on any atom is 0.492 e. The molecule has 1 aromatic carbocycles. The quantitative estimate of drug-likeness (QED) is 0.508. The monoisotopic (exact) mass is 384 g/mol. The minimum atomic E-state index is -1.04. The van der Waals surface area contributed by atoms with Gasteiger partial charge in [-0.1, -0.05) is 6.07 Å². The van der Waals surface area contributed by atoms with Crippen molar-refractivity contribution in [1.29, 1.82) is 0 Å². The van der Waals surface area contributed by atoms with Crippen LogP contribution < -0.4 is 15.7 Å². The van der Waals surface area contributed by atoms with Gasteiger partial charge in [0, 0.05) is 19.7 Å². The molecule has 2 N–H and O–H groups in total. The van der Waals surface area contributed by atoms with Gasteiger partial charge in [0.05, 0.1) is 24.7 Å². The lowest BCUT2D eigenvalue weighted by atomic mass is 9.75. The minimum Gasteiger partial charge on any atom is -0.458 e. The number of anilines is 1. The van der Waals surface area contributed by atoms with Crippen molar-refractivity contribution in [3.63, 3.8) is 0 Å². The second-order valence-electron chi connectivity index (χ2n) is 6.58. The molecule has 2 heterocycles. The average Bonchev–Trinajstić information content (AvgIpc) is 3.06. The molecule has 1 aliphatic heterocycles. The van der Waals surface area contributed by atoms with Crippen molar-refractivity contribution in [2.45, 2.75) is 20.1 Å². The van der Waals surface area contributed by atoms with Gasteiger partial charge < -0.3 is 24.6 Å². The van der Waals surface area contributed by atoms with Crippen LogP contribution >= 0.6 is 0 Å². The van der Waals surface area contributed by atoms with E-state index >= 15 is 0 Å². The van der Waals surface area contributed by atoms with Crippen molar-refractivity contribution in [2.75, 3.05) is 25.5 Å². The second-order valence-corrected chi connectivity index (χ2v) is 6.58. The first kappa shape index (κ1) is 19.8. The van der Waals surface area contributed by atoms with Gasteiger partial charge in [-0.3, -0.25) is 14.6 Å². The average molecular weight is 384 g/mol. The van der Waals surface area contributed by atoms with Crippen molar-refractivity contribution in [2.24, 2.45) is 0 Å². The third-order valence-corrected chi connectivity index (χ3v) is 4.40. The van der Waals surface area contributed by atoms with Crippen LogP contribution in [0.1, 0.15) is 27.2 Å². The largest absolute Gasteiger partial charge is 0.492 e. The van der Waals surface area contributed by atoms with Crippen molar-refractivity contribution >= 4 is 30.3 Å². The number of fused-ring (bicyclic) bond motifs is 1. The van der Waals surface area contributed by atoms with Crippen LogP contribution in [0, 0.1) is 6.92 Å². The van der Waals surface area contributed by atoms with Crippen LogP contribution in [0.2, 0.25) is 0 Å². The minimum absolute atomic E-state index is 0.0369. The Morgan fingerprint density at radius 3 is 2.89 bits per heavy atom. The van der Waals surface area contributed by atoms with E-state index in [1.807, 2.05) is 14.1 Å². The Kier molecular flexibility index (Phi) is 5.91. The standard InChI is InChI=1S/C18H21BN4O5/c1-11-14(5-4-12-9-28-19(26)17(11)12)18(25)21-8-16(24)27-10-13-6-20-7-15(22-13)23(2)3/h4-7,26H,8-10H2,1-3H3,(H,21,25). The highest BCUT2D eigenvalue weighted by Gasteiger charge is 2.31. The number of aromatic nitrogens is 2. The number of nitrogens with zero attached hydrogens (tertiary/aromatic N) is 3. The van der Waals surface area contributed by atoms with E-state index in [0.717, 1.165) is 5.56 Å². The van der Waals surface area contributed by atoms with Gasteiger partial charge >= 0.3 is 13.1 Å². The van der Waals surface area contributed by atoms with Gasteiger partial charge in [-0.15, -0.1) is 0 Å². The molecule has 0 radical (unpaired) electrons. The molecule has 2 aromatic rings. The van der Waals surface area contributed by atoms with Crippen LogP contribution in [0.4, 0.5) is 5.82 Å². The van der Waals surface area contributed by atoms with E-state index in [-0.39, 0.29) is 13.2 Å². The molecule has 0 saturated heterocycles. The van der Waals surface area contributed by atoms with Crippen molar-refractivity contribution in [1.82, 2.24) is 15.3 Å². The third kappa shape index (κ3) is 4.29. The predicted octanol–water partition coefficient (Wildman–Crippen LogP) is -0.458. The molecule has 0 unspecified atom stereocenters. The van der Waals surface area contributed by atoms with Gasteiger partial charge in [0.2, 0.25) is 0 Å². The number of esters is 1. The number of nitrogens with one attached hydrogen (secondary N) is 1. The van der Waals surface area contributed by atoms with Gasteiger partial charge in [0.15, 0.2) is 0 Å². The van der Waals surface area contributed by atoms with Crippen molar-refractivity contribution < 1.29 is 24.0 Å². The molecule has 10 heteroatoms. The second kappa shape index (κ2) is 8.36. The highest BCUT2D eigenvalue weighted by Crippen LogP contribution is 2.16. The molecule has 0 saturated carbocycles. The van der Waals surface area contributed by atoms with Crippen molar-refractivity contribution in [3.05, 3.63) is 46.9 Å². The number of hydrogen-bond donors (Lipinski definition) is 2. The molecule has 0 atom stereocenters. The fourth-order valence-electron chi connectivity index (χ4n) is 2.89. The summed E-state index contributed by atoms with van der Waals surface area (Å²) in [4.78, 5) is 34.5. The number of benzene rings is 1. The fourth-order valence-corrected chi connectivity index (χ4v) is 2.89. The topological polar surface area (TPSA) is 114 Å². The molecule has 0 fully saturated rings. The Hall–Kier alpha value is -2.98. The van der Waals surface area contributed by atoms with Crippen LogP contribution in [0.15, 0.2) is 24.5 Å². The summed E-state index contributed by atoms with van der Waals surface area (Å²) in [6, 6.07) is 3.39. The van der Waals surface area contributed by atoms with E-state index in [4.69, 9.17) is 9.39 Å². The summed E-state index contributed by atoms with van der Waals surface area (Å²) < 4.78 is 10.3. The number of ether oxygens (including phenoxy) is 1. The molecule has 3 rings (SSSR count). The normalized spacial score (nSPS) is 12.5. The lowest BCUT2D eigenvalue weighted by Crippen LogP contribution is -2.35. The summed E-state index contributed by atoms with van der Waals surface area (Å²) in [7, 11) is 2.63. The molecule has 28 heavy (non-hydrogen) atoms. The fraction of sp³-hybridized carbons (Fsp3) is 0.333. The Balaban J connectivity index is 1.54. The molecule has 1 aliphatic rings. The first-order chi connectivity index (χ1) is 13.4. The molecule has 0 aliphatic carbocycles. The van der Waals surface area contributed by atoms with E-state index < -0.39 is 19.0 Å². The van der Waals surface area contributed by atoms with E-state index in [0.29, 0.717) is 34.7 Å². The summed E-state index contributed by atoms with van der Waals surface area (Å²) in [5.41, 5.74) is 2.97. The van der Waals surface area contributed by atoms with Crippen LogP contribution in [0.25, 0.3) is 0 Å². The Morgan fingerprint density at radius 1 is 1.36 bits per heavy atom. The summed E-state index contributed by atoms with van der Waals surface area (Å²) >= 11 is 0. The van der Waals surface area contributed by atoms with Crippen LogP contribution in [-0.4, -0.2) is 54.6 Å². The third-order valence-electron chi connectivity index (χ3n) is 4.40. The SMILES string of the molecule is Cc1c(C(=O)NCC(=O)OCc2cncc(N(C)C)n2)ccc2c1B(O)OC2. The number of rotatable bonds is 6. The molecular formula is C18H21BN4O5. The van der Waals surface area contributed by atoms with Gasteiger partial charge in [0.1, 0.15) is 19.0 Å². The van der Waals surface area contributed by atoms with Gasteiger partial charge in [-0.05, 0) is 29.6 Å².